The monoisotopic (exact) mass is 381 g/mol. The highest BCUT2D eigenvalue weighted by molar-refractivity contribution is 6.12. The summed E-state index contributed by atoms with van der Waals surface area (Å²) >= 11 is 0. The summed E-state index contributed by atoms with van der Waals surface area (Å²) in [6.45, 7) is 2.97. The van der Waals surface area contributed by atoms with Gasteiger partial charge in [0.1, 0.15) is 17.5 Å². The first-order chi connectivity index (χ1) is 13.6. The lowest BCUT2D eigenvalue weighted by Gasteiger charge is -2.29. The van der Waals surface area contributed by atoms with Crippen molar-refractivity contribution < 1.29 is 13.9 Å². The number of hydrogen-bond acceptors (Lipinski definition) is 4. The SMILES string of the molecule is CN1CCCC(COc2ccc(N=CC3C(=O)Nc4cc(F)ccc43)cc2)C1. The number of rotatable bonds is 5. The maximum atomic E-state index is 13.3. The number of ether oxygens (including phenoxy) is 1. The van der Waals surface area contributed by atoms with E-state index in [0.717, 1.165) is 30.2 Å². The van der Waals surface area contributed by atoms with Crippen molar-refractivity contribution in [2.75, 3.05) is 32.1 Å². The number of nitrogens with one attached hydrogen (secondary N) is 1. The Kier molecular flexibility index (Phi) is 5.39. The van der Waals surface area contributed by atoms with Crippen molar-refractivity contribution in [3.8, 4) is 5.75 Å². The van der Waals surface area contributed by atoms with Crippen LogP contribution < -0.4 is 10.1 Å². The Labute approximate surface area is 164 Å². The largest absolute Gasteiger partial charge is 0.493 e. The molecule has 0 spiro atoms. The minimum atomic E-state index is -0.505. The molecule has 146 valence electrons. The predicted molar refractivity (Wildman–Crippen MR) is 108 cm³/mol. The van der Waals surface area contributed by atoms with Gasteiger partial charge in [0.25, 0.3) is 0 Å². The second kappa shape index (κ2) is 8.10. The molecular formula is C22H24FN3O2. The number of aliphatic imine (C=N–C) groups is 1. The molecule has 1 amide bonds. The average Bonchev–Trinajstić information content (AvgIpc) is 2.99. The van der Waals surface area contributed by atoms with E-state index in [1.165, 1.54) is 31.5 Å². The van der Waals surface area contributed by atoms with E-state index in [9.17, 15) is 9.18 Å². The Morgan fingerprint density at radius 1 is 1.29 bits per heavy atom. The topological polar surface area (TPSA) is 53.9 Å². The van der Waals surface area contributed by atoms with Crippen LogP contribution in [0.5, 0.6) is 5.75 Å². The van der Waals surface area contributed by atoms with Gasteiger partial charge >= 0.3 is 0 Å². The Balaban J connectivity index is 1.36. The van der Waals surface area contributed by atoms with E-state index in [1.807, 2.05) is 24.3 Å². The van der Waals surface area contributed by atoms with Gasteiger partial charge in [-0.3, -0.25) is 9.79 Å². The molecule has 2 unspecified atom stereocenters. The van der Waals surface area contributed by atoms with Crippen molar-refractivity contribution in [3.05, 3.63) is 53.8 Å². The van der Waals surface area contributed by atoms with E-state index in [-0.39, 0.29) is 11.7 Å². The van der Waals surface area contributed by atoms with E-state index in [1.54, 1.807) is 12.3 Å². The molecule has 0 saturated carbocycles. The van der Waals surface area contributed by atoms with Crippen molar-refractivity contribution in [1.29, 1.82) is 0 Å². The highest BCUT2D eigenvalue weighted by Crippen LogP contribution is 2.32. The lowest BCUT2D eigenvalue weighted by Crippen LogP contribution is -2.34. The summed E-state index contributed by atoms with van der Waals surface area (Å²) in [5.41, 5.74) is 2.00. The highest BCUT2D eigenvalue weighted by atomic mass is 19.1. The number of benzene rings is 2. The molecule has 0 bridgehead atoms. The minimum Gasteiger partial charge on any atom is -0.493 e. The van der Waals surface area contributed by atoms with Gasteiger partial charge in [0.2, 0.25) is 5.91 Å². The van der Waals surface area contributed by atoms with Crippen LogP contribution in [0.2, 0.25) is 0 Å². The van der Waals surface area contributed by atoms with E-state index >= 15 is 0 Å². The quantitative estimate of drug-likeness (QED) is 0.797. The second-order valence-corrected chi connectivity index (χ2v) is 7.55. The van der Waals surface area contributed by atoms with Crippen molar-refractivity contribution in [3.63, 3.8) is 0 Å². The molecular weight excluding hydrogens is 357 g/mol. The maximum absolute atomic E-state index is 13.3. The first-order valence-corrected chi connectivity index (χ1v) is 9.64. The normalized spacial score (nSPS) is 22.3. The van der Waals surface area contributed by atoms with Crippen molar-refractivity contribution >= 4 is 23.5 Å². The van der Waals surface area contributed by atoms with Crippen LogP contribution in [0.15, 0.2) is 47.5 Å². The van der Waals surface area contributed by atoms with Crippen LogP contribution >= 0.6 is 0 Å². The lowest BCUT2D eigenvalue weighted by molar-refractivity contribution is -0.115. The van der Waals surface area contributed by atoms with Crippen LogP contribution in [0.3, 0.4) is 0 Å². The fourth-order valence-electron chi connectivity index (χ4n) is 3.82. The third-order valence-corrected chi connectivity index (χ3v) is 5.31. The molecule has 6 heteroatoms. The summed E-state index contributed by atoms with van der Waals surface area (Å²) in [5, 5.41) is 2.69. The van der Waals surface area contributed by atoms with Gasteiger partial charge < -0.3 is 15.0 Å². The minimum absolute atomic E-state index is 0.193. The summed E-state index contributed by atoms with van der Waals surface area (Å²) in [5.74, 6) is 0.331. The molecule has 5 nitrogen and oxygen atoms in total. The molecule has 2 aromatic carbocycles. The predicted octanol–water partition coefficient (Wildman–Crippen LogP) is 3.98. The average molecular weight is 381 g/mol. The number of hydrogen-bond donors (Lipinski definition) is 1. The molecule has 4 rings (SSSR count). The van der Waals surface area contributed by atoms with Gasteiger partial charge in [-0.2, -0.15) is 0 Å². The summed E-state index contributed by atoms with van der Waals surface area (Å²) in [7, 11) is 2.15. The number of likely N-dealkylation sites (tertiary alicyclic amines) is 1. The van der Waals surface area contributed by atoms with Crippen molar-refractivity contribution in [2.45, 2.75) is 18.8 Å². The van der Waals surface area contributed by atoms with Crippen LogP contribution in [0.4, 0.5) is 15.8 Å². The van der Waals surface area contributed by atoms with Crippen LogP contribution in [0, 0.1) is 11.7 Å². The Morgan fingerprint density at radius 3 is 2.89 bits per heavy atom. The summed E-state index contributed by atoms with van der Waals surface area (Å²) in [6.07, 6.45) is 4.04. The fraction of sp³-hybridized carbons (Fsp3) is 0.364. The van der Waals surface area contributed by atoms with Gasteiger partial charge in [-0.05, 0) is 68.4 Å². The summed E-state index contributed by atoms with van der Waals surface area (Å²) in [6, 6.07) is 11.9. The number of carbonyl (C=O) groups is 1. The summed E-state index contributed by atoms with van der Waals surface area (Å²) < 4.78 is 19.2. The van der Waals surface area contributed by atoms with E-state index in [2.05, 4.69) is 22.3 Å². The van der Waals surface area contributed by atoms with E-state index in [0.29, 0.717) is 11.6 Å². The molecule has 1 fully saturated rings. The molecule has 2 atom stereocenters. The van der Waals surface area contributed by atoms with Gasteiger partial charge in [0.15, 0.2) is 0 Å². The number of carbonyl (C=O) groups excluding carboxylic acids is 1. The van der Waals surface area contributed by atoms with Crippen LogP contribution in [0.25, 0.3) is 0 Å². The number of halogens is 1. The molecule has 0 aromatic heterocycles. The zero-order valence-electron chi connectivity index (χ0n) is 15.9. The van der Waals surface area contributed by atoms with Gasteiger partial charge in [0.05, 0.1) is 12.3 Å². The smallest absolute Gasteiger partial charge is 0.237 e. The molecule has 2 heterocycles. The third kappa shape index (κ3) is 4.22. The number of fused-ring (bicyclic) bond motifs is 1. The zero-order valence-corrected chi connectivity index (χ0v) is 15.9. The first kappa shape index (κ1) is 18.6. The summed E-state index contributed by atoms with van der Waals surface area (Å²) in [4.78, 5) is 18.9. The Bertz CT molecular complexity index is 882. The van der Waals surface area contributed by atoms with Crippen LogP contribution in [0.1, 0.15) is 24.3 Å². The standard InChI is InChI=1S/C22H24FN3O2/c1-26-10-2-3-15(13-26)14-28-18-7-5-17(6-8-18)24-12-20-19-9-4-16(23)11-21(19)25-22(20)27/h4-9,11-12,15,20H,2-3,10,13-14H2,1H3,(H,25,27). The Morgan fingerprint density at radius 2 is 2.11 bits per heavy atom. The van der Waals surface area contributed by atoms with E-state index in [4.69, 9.17) is 4.74 Å². The fourth-order valence-corrected chi connectivity index (χ4v) is 3.82. The van der Waals surface area contributed by atoms with E-state index < -0.39 is 5.92 Å². The lowest BCUT2D eigenvalue weighted by atomic mass is 10.00. The molecule has 28 heavy (non-hydrogen) atoms. The van der Waals surface area contributed by atoms with Crippen LogP contribution in [-0.4, -0.2) is 43.8 Å². The second-order valence-electron chi connectivity index (χ2n) is 7.55. The highest BCUT2D eigenvalue weighted by Gasteiger charge is 2.29. The van der Waals surface area contributed by atoms with Gasteiger partial charge in [0, 0.05) is 24.4 Å². The molecule has 1 saturated heterocycles. The van der Waals surface area contributed by atoms with Gasteiger partial charge in [-0.15, -0.1) is 0 Å². The molecule has 0 aliphatic carbocycles. The van der Waals surface area contributed by atoms with Crippen molar-refractivity contribution in [1.82, 2.24) is 4.90 Å². The molecule has 2 aromatic rings. The number of nitrogens with zero attached hydrogens (tertiary/aromatic N) is 2. The van der Waals surface area contributed by atoms with Crippen molar-refractivity contribution in [2.24, 2.45) is 10.9 Å². The third-order valence-electron chi connectivity index (χ3n) is 5.31. The molecule has 0 radical (unpaired) electrons. The number of piperidine rings is 1. The maximum Gasteiger partial charge on any atom is 0.237 e. The number of anilines is 1. The van der Waals surface area contributed by atoms with Gasteiger partial charge in [-0.1, -0.05) is 6.07 Å². The molecule has 1 N–H and O–H groups in total. The first-order valence-electron chi connectivity index (χ1n) is 9.64. The zero-order chi connectivity index (χ0) is 19.5. The number of amides is 1. The van der Waals surface area contributed by atoms with Gasteiger partial charge in [-0.25, -0.2) is 4.39 Å². The van der Waals surface area contributed by atoms with Crippen LogP contribution in [-0.2, 0) is 4.79 Å². The Hall–Kier alpha value is -2.73. The molecule has 2 aliphatic heterocycles. The molecule has 2 aliphatic rings.